The van der Waals surface area contributed by atoms with Gasteiger partial charge in [0.25, 0.3) is 0 Å². The van der Waals surface area contributed by atoms with Crippen molar-refractivity contribution in [1.29, 1.82) is 0 Å². The third kappa shape index (κ3) is 1.54. The van der Waals surface area contributed by atoms with E-state index < -0.39 is 0 Å². The molecule has 1 saturated carbocycles. The lowest BCUT2D eigenvalue weighted by Crippen LogP contribution is -2.31. The Balaban J connectivity index is 2.60. The molecule has 1 atom stereocenters. The third-order valence-corrected chi connectivity index (χ3v) is 2.72. The number of carbonyl (C=O) groups is 1. The fourth-order valence-electron chi connectivity index (χ4n) is 1.14. The second-order valence-electron chi connectivity index (χ2n) is 2.83. The zero-order chi connectivity index (χ0) is 6.91. The lowest BCUT2D eigenvalue weighted by Gasteiger charge is -2.24. The van der Waals surface area contributed by atoms with E-state index in [9.17, 15) is 4.79 Å². The van der Waals surface area contributed by atoms with E-state index in [1.807, 2.05) is 6.92 Å². The van der Waals surface area contributed by atoms with Gasteiger partial charge in [0.15, 0.2) is 0 Å². The van der Waals surface area contributed by atoms with Crippen molar-refractivity contribution in [3.8, 4) is 0 Å². The molecule has 0 amide bonds. The summed E-state index contributed by atoms with van der Waals surface area (Å²) in [5, 5.41) is 0. The van der Waals surface area contributed by atoms with Crippen LogP contribution < -0.4 is 0 Å². The smallest absolute Gasteiger partial charge is 0.149 e. The summed E-state index contributed by atoms with van der Waals surface area (Å²) in [6.45, 7) is 1.97. The normalized spacial score (nSPS) is 36.9. The monoisotopic (exact) mass is 190 g/mol. The maximum Gasteiger partial charge on any atom is 0.149 e. The Morgan fingerprint density at radius 2 is 2.22 bits per heavy atom. The molecule has 0 saturated heterocycles. The van der Waals surface area contributed by atoms with Crippen molar-refractivity contribution in [2.24, 2.45) is 0 Å². The van der Waals surface area contributed by atoms with E-state index in [4.69, 9.17) is 0 Å². The van der Waals surface area contributed by atoms with Crippen LogP contribution in [0.1, 0.15) is 32.6 Å². The first-order valence-electron chi connectivity index (χ1n) is 3.35. The number of Topliss-reactive ketones (excluding diaryl/α,β-unsaturated/α-hetero) is 1. The molecular weight excluding hydrogens is 180 g/mol. The van der Waals surface area contributed by atoms with Crippen LogP contribution in [0, 0.1) is 0 Å². The van der Waals surface area contributed by atoms with Crippen LogP contribution in [0.4, 0.5) is 0 Å². The van der Waals surface area contributed by atoms with E-state index in [1.54, 1.807) is 0 Å². The molecule has 1 aliphatic rings. The molecule has 2 heteroatoms. The van der Waals surface area contributed by atoms with Gasteiger partial charge < -0.3 is 0 Å². The van der Waals surface area contributed by atoms with E-state index >= 15 is 0 Å². The van der Waals surface area contributed by atoms with E-state index in [-0.39, 0.29) is 4.32 Å². The lowest BCUT2D eigenvalue weighted by atomic mass is 9.89. The van der Waals surface area contributed by atoms with Gasteiger partial charge in [-0.1, -0.05) is 22.4 Å². The fourth-order valence-corrected chi connectivity index (χ4v) is 1.62. The van der Waals surface area contributed by atoms with E-state index in [1.165, 1.54) is 6.42 Å². The van der Waals surface area contributed by atoms with Crippen LogP contribution in [0.3, 0.4) is 0 Å². The number of ketones is 1. The number of hydrogen-bond acceptors (Lipinski definition) is 1. The molecule has 52 valence electrons. The van der Waals surface area contributed by atoms with Gasteiger partial charge in [0.1, 0.15) is 5.78 Å². The number of hydrogen-bond donors (Lipinski definition) is 0. The lowest BCUT2D eigenvalue weighted by molar-refractivity contribution is -0.122. The average Bonchev–Trinajstić information content (AvgIpc) is 1.77. The van der Waals surface area contributed by atoms with Gasteiger partial charge in [0, 0.05) is 6.42 Å². The standard InChI is InChI=1S/C7H11BrO/c1-7(8)5-3-2-4-6(7)9/h2-5H2,1H3/t7-/m1/s1. The van der Waals surface area contributed by atoms with Gasteiger partial charge in [-0.15, -0.1) is 0 Å². The van der Waals surface area contributed by atoms with Crippen LogP contribution in [0.15, 0.2) is 0 Å². The predicted octanol–water partition coefficient (Wildman–Crippen LogP) is 2.28. The van der Waals surface area contributed by atoms with Crippen LogP contribution in [-0.4, -0.2) is 10.1 Å². The van der Waals surface area contributed by atoms with Crippen LogP contribution in [0.5, 0.6) is 0 Å². The molecule has 0 unspecified atom stereocenters. The summed E-state index contributed by atoms with van der Waals surface area (Å²) in [4.78, 5) is 11.1. The first-order valence-corrected chi connectivity index (χ1v) is 4.14. The van der Waals surface area contributed by atoms with Crippen molar-refractivity contribution in [2.75, 3.05) is 0 Å². The van der Waals surface area contributed by atoms with Gasteiger partial charge in [-0.25, -0.2) is 0 Å². The highest BCUT2D eigenvalue weighted by Gasteiger charge is 2.31. The molecule has 0 aromatic rings. The summed E-state index contributed by atoms with van der Waals surface area (Å²) in [6, 6.07) is 0. The summed E-state index contributed by atoms with van der Waals surface area (Å²) in [5.74, 6) is 0.369. The second kappa shape index (κ2) is 2.41. The van der Waals surface area contributed by atoms with Crippen LogP contribution in [0.2, 0.25) is 0 Å². The predicted molar refractivity (Wildman–Crippen MR) is 40.8 cm³/mol. The van der Waals surface area contributed by atoms with Crippen molar-refractivity contribution in [2.45, 2.75) is 36.9 Å². The SMILES string of the molecule is C[C@@]1(Br)CCCCC1=O. The maximum absolute atomic E-state index is 11.1. The Hall–Kier alpha value is 0.150. The van der Waals surface area contributed by atoms with Gasteiger partial charge in [-0.05, 0) is 19.8 Å². The summed E-state index contributed by atoms with van der Waals surface area (Å²) < 4.78 is -0.189. The quantitative estimate of drug-likeness (QED) is 0.537. The summed E-state index contributed by atoms with van der Waals surface area (Å²) >= 11 is 3.41. The minimum atomic E-state index is -0.189. The Bertz CT molecular complexity index is 129. The Morgan fingerprint density at radius 1 is 1.56 bits per heavy atom. The van der Waals surface area contributed by atoms with Gasteiger partial charge in [-0.2, -0.15) is 0 Å². The maximum atomic E-state index is 11.1. The van der Waals surface area contributed by atoms with E-state index in [0.717, 1.165) is 19.3 Å². The van der Waals surface area contributed by atoms with Gasteiger partial charge in [0.05, 0.1) is 4.32 Å². The highest BCUT2D eigenvalue weighted by Crippen LogP contribution is 2.31. The molecule has 0 aromatic heterocycles. The number of halogens is 1. The average molecular weight is 191 g/mol. The molecule has 0 heterocycles. The first kappa shape index (κ1) is 7.26. The highest BCUT2D eigenvalue weighted by atomic mass is 79.9. The van der Waals surface area contributed by atoms with Crippen molar-refractivity contribution < 1.29 is 4.79 Å². The van der Waals surface area contributed by atoms with Crippen LogP contribution in [-0.2, 0) is 4.79 Å². The summed E-state index contributed by atoms with van der Waals surface area (Å²) in [5.41, 5.74) is 0. The largest absolute Gasteiger partial charge is 0.298 e. The zero-order valence-corrected chi connectivity index (χ0v) is 7.20. The second-order valence-corrected chi connectivity index (χ2v) is 4.58. The summed E-state index contributed by atoms with van der Waals surface area (Å²) in [7, 11) is 0. The minimum Gasteiger partial charge on any atom is -0.298 e. The van der Waals surface area contributed by atoms with Crippen molar-refractivity contribution in [3.05, 3.63) is 0 Å². The molecule has 1 nitrogen and oxygen atoms in total. The van der Waals surface area contributed by atoms with E-state index in [0.29, 0.717) is 5.78 Å². The zero-order valence-electron chi connectivity index (χ0n) is 5.61. The van der Waals surface area contributed by atoms with Gasteiger partial charge in [-0.3, -0.25) is 4.79 Å². The fraction of sp³-hybridized carbons (Fsp3) is 0.857. The highest BCUT2D eigenvalue weighted by molar-refractivity contribution is 9.10. The third-order valence-electron chi connectivity index (χ3n) is 1.88. The minimum absolute atomic E-state index is 0.189. The topological polar surface area (TPSA) is 17.1 Å². The molecule has 0 radical (unpaired) electrons. The number of rotatable bonds is 0. The van der Waals surface area contributed by atoms with Crippen LogP contribution >= 0.6 is 15.9 Å². The number of alkyl halides is 1. The summed E-state index contributed by atoms with van der Waals surface area (Å²) in [6.07, 6.45) is 4.04. The molecule has 0 N–H and O–H groups in total. The van der Waals surface area contributed by atoms with Crippen molar-refractivity contribution in [3.63, 3.8) is 0 Å². The van der Waals surface area contributed by atoms with Crippen LogP contribution in [0.25, 0.3) is 0 Å². The Kier molecular flexibility index (Phi) is 1.94. The Morgan fingerprint density at radius 3 is 2.56 bits per heavy atom. The van der Waals surface area contributed by atoms with Crippen molar-refractivity contribution >= 4 is 21.7 Å². The molecule has 1 fully saturated rings. The molecular formula is C7H11BrO. The Labute approximate surface area is 64.0 Å². The van der Waals surface area contributed by atoms with Gasteiger partial charge >= 0.3 is 0 Å². The molecule has 0 aromatic carbocycles. The molecule has 1 rings (SSSR count). The van der Waals surface area contributed by atoms with Crippen molar-refractivity contribution in [1.82, 2.24) is 0 Å². The molecule has 0 bridgehead atoms. The van der Waals surface area contributed by atoms with E-state index in [2.05, 4.69) is 15.9 Å². The number of carbonyl (C=O) groups excluding carboxylic acids is 1. The molecule has 0 aliphatic heterocycles. The molecule has 9 heavy (non-hydrogen) atoms. The molecule has 1 aliphatic carbocycles. The first-order chi connectivity index (χ1) is 4.13. The molecule has 0 spiro atoms. The van der Waals surface area contributed by atoms with Gasteiger partial charge in [0.2, 0.25) is 0 Å².